The van der Waals surface area contributed by atoms with Crippen molar-refractivity contribution in [3.63, 3.8) is 0 Å². The fourth-order valence-electron chi connectivity index (χ4n) is 3.66. The number of hydrogen-bond donors (Lipinski definition) is 2. The van der Waals surface area contributed by atoms with Gasteiger partial charge in [0.1, 0.15) is 23.5 Å². The molecule has 1 atom stereocenters. The van der Waals surface area contributed by atoms with Gasteiger partial charge in [0.2, 0.25) is 0 Å². The second kappa shape index (κ2) is 6.99. The Hall–Kier alpha value is -3.35. The van der Waals surface area contributed by atoms with Gasteiger partial charge in [-0.1, -0.05) is 12.1 Å². The summed E-state index contributed by atoms with van der Waals surface area (Å²) in [6.07, 6.45) is 0.998. The standard InChI is InChI=1S/C21H20FN3O3/c1-12-3-2-4-17(22)20(12)13-7-14-10-24-19(23)9-16(14)18(8-13)28-15-5-6-25(11-15)21(26)27/h2-4,7-10,15H,5-6,11H2,1H3,(H2,23,24)(H,26,27)/t15-/m1/s1. The molecule has 1 aromatic heterocycles. The van der Waals surface area contributed by atoms with Crippen LogP contribution >= 0.6 is 0 Å². The molecular weight excluding hydrogens is 361 g/mol. The van der Waals surface area contributed by atoms with E-state index in [-0.39, 0.29) is 11.9 Å². The minimum absolute atomic E-state index is 0.273. The fraction of sp³-hybridized carbons (Fsp3) is 0.238. The summed E-state index contributed by atoms with van der Waals surface area (Å²) in [5.41, 5.74) is 7.84. The lowest BCUT2D eigenvalue weighted by Crippen LogP contribution is -2.29. The minimum Gasteiger partial charge on any atom is -0.488 e. The first-order valence-electron chi connectivity index (χ1n) is 9.01. The lowest BCUT2D eigenvalue weighted by Gasteiger charge is -2.18. The molecule has 6 nitrogen and oxygen atoms in total. The summed E-state index contributed by atoms with van der Waals surface area (Å²) in [6.45, 7) is 2.57. The smallest absolute Gasteiger partial charge is 0.407 e. The van der Waals surface area contributed by atoms with Gasteiger partial charge in [0.15, 0.2) is 0 Å². The van der Waals surface area contributed by atoms with Crippen LogP contribution in [-0.2, 0) is 0 Å². The van der Waals surface area contributed by atoms with E-state index >= 15 is 0 Å². The number of rotatable bonds is 3. The van der Waals surface area contributed by atoms with Crippen molar-refractivity contribution in [2.24, 2.45) is 0 Å². The van der Waals surface area contributed by atoms with Crippen molar-refractivity contribution < 1.29 is 19.0 Å². The summed E-state index contributed by atoms with van der Waals surface area (Å²) in [4.78, 5) is 16.6. The number of pyridine rings is 1. The van der Waals surface area contributed by atoms with Gasteiger partial charge < -0.3 is 20.5 Å². The highest BCUT2D eigenvalue weighted by molar-refractivity contribution is 5.94. The highest BCUT2D eigenvalue weighted by Gasteiger charge is 2.28. The number of carbonyl (C=O) groups is 1. The summed E-state index contributed by atoms with van der Waals surface area (Å²) >= 11 is 0. The van der Waals surface area contributed by atoms with Gasteiger partial charge in [-0.25, -0.2) is 14.2 Å². The third-order valence-electron chi connectivity index (χ3n) is 5.04. The minimum atomic E-state index is -0.958. The fourth-order valence-corrected chi connectivity index (χ4v) is 3.66. The molecule has 3 N–H and O–H groups in total. The molecule has 2 heterocycles. The van der Waals surface area contributed by atoms with E-state index in [0.717, 1.165) is 16.3 Å². The Morgan fingerprint density at radius 3 is 2.89 bits per heavy atom. The predicted molar refractivity (Wildman–Crippen MR) is 105 cm³/mol. The van der Waals surface area contributed by atoms with Crippen molar-refractivity contribution in [3.05, 3.63) is 54.0 Å². The quantitative estimate of drug-likeness (QED) is 0.714. The highest BCUT2D eigenvalue weighted by atomic mass is 19.1. The predicted octanol–water partition coefficient (Wildman–Crippen LogP) is 4.06. The average molecular weight is 381 g/mol. The van der Waals surface area contributed by atoms with Crippen molar-refractivity contribution in [1.29, 1.82) is 0 Å². The first-order chi connectivity index (χ1) is 13.4. The molecular formula is C21H20FN3O3. The lowest BCUT2D eigenvalue weighted by atomic mass is 9.97. The molecule has 7 heteroatoms. The molecule has 0 radical (unpaired) electrons. The number of likely N-dealkylation sites (tertiary alicyclic amines) is 1. The van der Waals surface area contributed by atoms with Gasteiger partial charge in [0.25, 0.3) is 0 Å². The van der Waals surface area contributed by atoms with Gasteiger partial charge in [0.05, 0.1) is 6.54 Å². The maximum atomic E-state index is 14.5. The van der Waals surface area contributed by atoms with E-state index in [1.165, 1.54) is 11.0 Å². The maximum Gasteiger partial charge on any atom is 0.407 e. The SMILES string of the molecule is Cc1cccc(F)c1-c1cc(O[C@@H]2CCN(C(=O)O)C2)c2cc(N)ncc2c1. The number of benzene rings is 2. The van der Waals surface area contributed by atoms with Crippen molar-refractivity contribution in [1.82, 2.24) is 9.88 Å². The second-order valence-corrected chi connectivity index (χ2v) is 6.99. The zero-order valence-corrected chi connectivity index (χ0v) is 15.4. The Bertz CT molecular complexity index is 1050. The van der Waals surface area contributed by atoms with Crippen molar-refractivity contribution in [2.45, 2.75) is 19.4 Å². The Morgan fingerprint density at radius 2 is 2.18 bits per heavy atom. The van der Waals surface area contributed by atoms with E-state index in [4.69, 9.17) is 15.6 Å². The number of fused-ring (bicyclic) bond motifs is 1. The molecule has 144 valence electrons. The molecule has 1 fully saturated rings. The van der Waals surface area contributed by atoms with Gasteiger partial charge in [-0.15, -0.1) is 0 Å². The molecule has 2 aromatic carbocycles. The average Bonchev–Trinajstić information content (AvgIpc) is 3.11. The topological polar surface area (TPSA) is 88.7 Å². The van der Waals surface area contributed by atoms with Crippen LogP contribution in [-0.4, -0.2) is 40.3 Å². The highest BCUT2D eigenvalue weighted by Crippen LogP contribution is 2.36. The van der Waals surface area contributed by atoms with E-state index < -0.39 is 6.09 Å². The zero-order chi connectivity index (χ0) is 19.8. The van der Waals surface area contributed by atoms with Crippen molar-refractivity contribution >= 4 is 22.7 Å². The Balaban J connectivity index is 1.80. The number of halogens is 1. The lowest BCUT2D eigenvalue weighted by molar-refractivity contribution is 0.146. The van der Waals surface area contributed by atoms with Crippen molar-refractivity contribution in [2.75, 3.05) is 18.8 Å². The number of aromatic nitrogens is 1. The molecule has 0 bridgehead atoms. The van der Waals surface area contributed by atoms with E-state index in [1.807, 2.05) is 19.1 Å². The van der Waals surface area contributed by atoms with E-state index in [0.29, 0.717) is 42.2 Å². The van der Waals surface area contributed by atoms with Crippen LogP contribution in [0.25, 0.3) is 21.9 Å². The molecule has 0 unspecified atom stereocenters. The number of nitrogen functional groups attached to an aromatic ring is 1. The van der Waals surface area contributed by atoms with Gasteiger partial charge in [-0.3, -0.25) is 0 Å². The summed E-state index contributed by atoms with van der Waals surface area (Å²) in [5.74, 6) is 0.582. The third-order valence-corrected chi connectivity index (χ3v) is 5.04. The maximum absolute atomic E-state index is 14.5. The van der Waals surface area contributed by atoms with Crippen LogP contribution in [0.4, 0.5) is 15.0 Å². The van der Waals surface area contributed by atoms with Crippen LogP contribution in [0.1, 0.15) is 12.0 Å². The Morgan fingerprint density at radius 1 is 1.36 bits per heavy atom. The van der Waals surface area contributed by atoms with Crippen LogP contribution in [0.15, 0.2) is 42.6 Å². The summed E-state index contributed by atoms with van der Waals surface area (Å²) < 4.78 is 20.7. The molecule has 1 saturated heterocycles. The number of carboxylic acid groups (broad SMARTS) is 1. The summed E-state index contributed by atoms with van der Waals surface area (Å²) in [5, 5.41) is 10.7. The molecule has 3 aromatic rings. The molecule has 0 aliphatic carbocycles. The zero-order valence-electron chi connectivity index (χ0n) is 15.4. The number of aryl methyl sites for hydroxylation is 1. The van der Waals surface area contributed by atoms with Crippen LogP contribution < -0.4 is 10.5 Å². The molecule has 1 aliphatic rings. The Kier molecular flexibility index (Phi) is 4.50. The number of nitrogens with two attached hydrogens (primary N) is 1. The second-order valence-electron chi connectivity index (χ2n) is 6.99. The van der Waals surface area contributed by atoms with Crippen LogP contribution in [0.3, 0.4) is 0 Å². The van der Waals surface area contributed by atoms with Gasteiger partial charge in [0, 0.05) is 35.5 Å². The van der Waals surface area contributed by atoms with Crippen LogP contribution in [0, 0.1) is 12.7 Å². The largest absolute Gasteiger partial charge is 0.488 e. The van der Waals surface area contributed by atoms with Gasteiger partial charge in [-0.2, -0.15) is 0 Å². The van der Waals surface area contributed by atoms with Gasteiger partial charge >= 0.3 is 6.09 Å². The summed E-state index contributed by atoms with van der Waals surface area (Å²) in [6, 6.07) is 10.3. The van der Waals surface area contributed by atoms with E-state index in [2.05, 4.69) is 4.98 Å². The normalized spacial score (nSPS) is 16.5. The first-order valence-corrected chi connectivity index (χ1v) is 9.01. The number of anilines is 1. The monoisotopic (exact) mass is 381 g/mol. The molecule has 0 spiro atoms. The molecule has 1 aliphatic heterocycles. The molecule has 0 saturated carbocycles. The van der Waals surface area contributed by atoms with Crippen LogP contribution in [0.2, 0.25) is 0 Å². The summed E-state index contributed by atoms with van der Waals surface area (Å²) in [7, 11) is 0. The van der Waals surface area contributed by atoms with Crippen LogP contribution in [0.5, 0.6) is 5.75 Å². The van der Waals surface area contributed by atoms with Gasteiger partial charge in [-0.05, 0) is 42.3 Å². The van der Waals surface area contributed by atoms with E-state index in [9.17, 15) is 9.18 Å². The number of nitrogens with zero attached hydrogens (tertiary/aromatic N) is 2. The number of hydrogen-bond acceptors (Lipinski definition) is 4. The number of amides is 1. The molecule has 28 heavy (non-hydrogen) atoms. The molecule has 1 amide bonds. The number of ether oxygens (including phenoxy) is 1. The van der Waals surface area contributed by atoms with Crippen molar-refractivity contribution in [3.8, 4) is 16.9 Å². The van der Waals surface area contributed by atoms with E-state index in [1.54, 1.807) is 24.4 Å². The first kappa shape index (κ1) is 18.0. The molecule has 4 rings (SSSR count). The third kappa shape index (κ3) is 3.31. The Labute approximate surface area is 161 Å².